The van der Waals surface area contributed by atoms with E-state index in [0.717, 1.165) is 0 Å². The quantitative estimate of drug-likeness (QED) is 0.255. The van der Waals surface area contributed by atoms with Crippen molar-refractivity contribution in [1.29, 1.82) is 0 Å². The van der Waals surface area contributed by atoms with Crippen LogP contribution in [0.25, 0.3) is 0 Å². The molecule has 2 N–H and O–H groups in total. The average Bonchev–Trinajstić information content (AvgIpc) is 2.15. The summed E-state index contributed by atoms with van der Waals surface area (Å²) in [6.07, 6.45) is -2.15. The van der Waals surface area contributed by atoms with Crippen LogP contribution in [0.4, 0.5) is 0 Å². The molecule has 0 aromatic carbocycles. The highest BCUT2D eigenvalue weighted by Gasteiger charge is 2.41. The number of carbonyl (C=O) groups excluding carboxylic acids is 3. The van der Waals surface area contributed by atoms with Crippen LogP contribution in [0.15, 0.2) is 0 Å². The Morgan fingerprint density at radius 2 is 1.86 bits per heavy atom. The van der Waals surface area contributed by atoms with Crippen LogP contribution in [-0.2, 0) is 28.6 Å². The number of hydrogen-bond donors (Lipinski definition) is 2. The van der Waals surface area contributed by atoms with Gasteiger partial charge in [0.2, 0.25) is 0 Å². The van der Waals surface area contributed by atoms with Crippen LogP contribution < -0.4 is 0 Å². The molecule has 80 valence electrons. The fourth-order valence-corrected chi connectivity index (χ4v) is 0.559. The van der Waals surface area contributed by atoms with E-state index in [1.54, 1.807) is 0 Å². The van der Waals surface area contributed by atoms with E-state index in [0.29, 0.717) is 0 Å². The van der Waals surface area contributed by atoms with Crippen LogP contribution in [0.2, 0.25) is 0 Å². The van der Waals surface area contributed by atoms with Crippen LogP contribution in [0.5, 0.6) is 0 Å². The first kappa shape index (κ1) is 12.3. The van der Waals surface area contributed by atoms with E-state index >= 15 is 0 Å². The second kappa shape index (κ2) is 5.89. The van der Waals surface area contributed by atoms with Crippen molar-refractivity contribution in [2.75, 3.05) is 6.61 Å². The number of hydrogen-bond acceptors (Lipinski definition) is 8. The van der Waals surface area contributed by atoms with Gasteiger partial charge in [0.15, 0.2) is 6.61 Å². The molecule has 0 saturated heterocycles. The van der Waals surface area contributed by atoms with Crippen molar-refractivity contribution in [2.45, 2.75) is 12.1 Å². The normalized spacial score (nSPS) is 15.9. The minimum Gasteiger partial charge on any atom is -0.461 e. The van der Waals surface area contributed by atoms with Crippen LogP contribution in [0.3, 0.4) is 0 Å². The molecule has 0 spiro atoms. The Bertz CT molecular complexity index is 204. The Balaban J connectivity index is 4.40. The third kappa shape index (κ3) is 3.37. The molecule has 2 unspecified atom stereocenters. The van der Waals surface area contributed by atoms with Gasteiger partial charge < -0.3 is 24.4 Å². The van der Waals surface area contributed by atoms with E-state index in [4.69, 9.17) is 5.11 Å². The molecular formula is C6H8O8. The lowest BCUT2D eigenvalue weighted by Gasteiger charge is -2.27. The average molecular weight is 208 g/mol. The minimum atomic E-state index is -2.61. The summed E-state index contributed by atoms with van der Waals surface area (Å²) in [5.74, 6) is -2.61. The lowest BCUT2D eigenvalue weighted by atomic mass is 10.3. The van der Waals surface area contributed by atoms with Gasteiger partial charge in [-0.2, -0.15) is 0 Å². The van der Waals surface area contributed by atoms with Gasteiger partial charge >= 0.3 is 5.79 Å². The Hall–Kier alpha value is -1.67. The Kier molecular flexibility index (Phi) is 5.19. The molecule has 0 saturated carbocycles. The molecule has 8 nitrogen and oxygen atoms in total. The Morgan fingerprint density at radius 1 is 1.21 bits per heavy atom. The summed E-state index contributed by atoms with van der Waals surface area (Å²) >= 11 is 0. The zero-order chi connectivity index (χ0) is 11.0. The fourth-order valence-electron chi connectivity index (χ4n) is 0.559. The van der Waals surface area contributed by atoms with Gasteiger partial charge in [0.05, 0.1) is 0 Å². The second-order valence-corrected chi connectivity index (χ2v) is 2.05. The predicted molar refractivity (Wildman–Crippen MR) is 37.3 cm³/mol. The summed E-state index contributed by atoms with van der Waals surface area (Å²) in [6, 6.07) is 0. The molecule has 0 aliphatic rings. The highest BCUT2D eigenvalue weighted by Crippen LogP contribution is 2.12. The molecule has 0 radical (unpaired) electrons. The molecule has 0 amide bonds. The van der Waals surface area contributed by atoms with Gasteiger partial charge in [-0.25, -0.2) is 0 Å². The van der Waals surface area contributed by atoms with E-state index < -0.39 is 18.7 Å². The first-order valence-electron chi connectivity index (χ1n) is 3.27. The molecule has 2 atom stereocenters. The zero-order valence-corrected chi connectivity index (χ0v) is 6.86. The summed E-state index contributed by atoms with van der Waals surface area (Å²) in [5.41, 5.74) is 0. The SMILES string of the molecule is O=COCC(O)(OC=O)C(O)OC=O. The zero-order valence-electron chi connectivity index (χ0n) is 6.86. The smallest absolute Gasteiger partial charge is 0.308 e. The molecule has 0 aromatic rings. The maximum atomic E-state index is 9.91. The monoisotopic (exact) mass is 208 g/mol. The first-order valence-corrected chi connectivity index (χ1v) is 3.27. The highest BCUT2D eigenvalue weighted by atomic mass is 16.7. The van der Waals surface area contributed by atoms with Crippen molar-refractivity contribution in [1.82, 2.24) is 0 Å². The molecule has 0 heterocycles. The number of ether oxygens (including phenoxy) is 3. The van der Waals surface area contributed by atoms with Crippen molar-refractivity contribution in [3.63, 3.8) is 0 Å². The van der Waals surface area contributed by atoms with Crippen molar-refractivity contribution in [3.8, 4) is 0 Å². The van der Waals surface area contributed by atoms with Crippen LogP contribution in [-0.4, -0.2) is 48.3 Å². The van der Waals surface area contributed by atoms with Gasteiger partial charge in [0.25, 0.3) is 25.7 Å². The van der Waals surface area contributed by atoms with E-state index in [1.807, 2.05) is 0 Å². The maximum Gasteiger partial charge on any atom is 0.308 e. The summed E-state index contributed by atoms with van der Waals surface area (Å²) in [4.78, 5) is 29.5. The number of aliphatic hydroxyl groups is 2. The van der Waals surface area contributed by atoms with Crippen LogP contribution in [0.1, 0.15) is 0 Å². The first-order chi connectivity index (χ1) is 6.60. The van der Waals surface area contributed by atoms with E-state index in [1.165, 1.54) is 0 Å². The highest BCUT2D eigenvalue weighted by molar-refractivity contribution is 5.40. The lowest BCUT2D eigenvalue weighted by Crippen LogP contribution is -2.50. The Morgan fingerprint density at radius 3 is 2.29 bits per heavy atom. The van der Waals surface area contributed by atoms with Gasteiger partial charge in [-0.1, -0.05) is 0 Å². The molecule has 0 rings (SSSR count). The van der Waals surface area contributed by atoms with Crippen LogP contribution >= 0.6 is 0 Å². The van der Waals surface area contributed by atoms with Gasteiger partial charge in [-0.15, -0.1) is 0 Å². The maximum absolute atomic E-state index is 9.91. The van der Waals surface area contributed by atoms with E-state index in [9.17, 15) is 19.5 Å². The summed E-state index contributed by atoms with van der Waals surface area (Å²) in [7, 11) is 0. The summed E-state index contributed by atoms with van der Waals surface area (Å²) in [6.45, 7) is -1.30. The van der Waals surface area contributed by atoms with E-state index in [2.05, 4.69) is 14.2 Å². The van der Waals surface area contributed by atoms with Crippen LogP contribution in [0, 0.1) is 0 Å². The van der Waals surface area contributed by atoms with Gasteiger partial charge in [0.1, 0.15) is 0 Å². The molecule has 0 bridgehead atoms. The Labute approximate surface area is 78.0 Å². The molecule has 14 heavy (non-hydrogen) atoms. The number of rotatable bonds is 8. The third-order valence-corrected chi connectivity index (χ3v) is 1.18. The molecule has 8 heteroatoms. The molecule has 0 aliphatic carbocycles. The largest absolute Gasteiger partial charge is 0.461 e. The molecule has 0 aromatic heterocycles. The van der Waals surface area contributed by atoms with Gasteiger partial charge in [0, 0.05) is 0 Å². The van der Waals surface area contributed by atoms with Crippen molar-refractivity contribution in [2.24, 2.45) is 0 Å². The number of carbonyl (C=O) groups is 3. The van der Waals surface area contributed by atoms with E-state index in [-0.39, 0.29) is 19.4 Å². The molecule has 0 aliphatic heterocycles. The summed E-state index contributed by atoms with van der Waals surface area (Å²) in [5, 5.41) is 18.2. The third-order valence-electron chi connectivity index (χ3n) is 1.18. The predicted octanol–water partition coefficient (Wildman–Crippen LogP) is -2.49. The standard InChI is InChI=1S/C6H8O8/c7-2-12-1-6(11,14-4-9)5(10)13-3-8/h2-5,10-11H,1H2. The van der Waals surface area contributed by atoms with Gasteiger partial charge in [-0.05, 0) is 0 Å². The number of aliphatic hydroxyl groups excluding tert-OH is 1. The topological polar surface area (TPSA) is 119 Å². The second-order valence-electron chi connectivity index (χ2n) is 2.05. The van der Waals surface area contributed by atoms with Gasteiger partial charge in [-0.3, -0.25) is 14.4 Å². The van der Waals surface area contributed by atoms with Crippen molar-refractivity contribution < 1.29 is 38.8 Å². The molecule has 0 fully saturated rings. The lowest BCUT2D eigenvalue weighted by molar-refractivity contribution is -0.305. The van der Waals surface area contributed by atoms with Crippen molar-refractivity contribution in [3.05, 3.63) is 0 Å². The molecular weight excluding hydrogens is 200 g/mol. The minimum absolute atomic E-state index is 0.0488. The fraction of sp³-hybridized carbons (Fsp3) is 0.500. The van der Waals surface area contributed by atoms with Crippen molar-refractivity contribution >= 4 is 19.4 Å². The summed E-state index contributed by atoms with van der Waals surface area (Å²) < 4.78 is 12.0.